The predicted octanol–water partition coefficient (Wildman–Crippen LogP) is 3.80. The fourth-order valence-electron chi connectivity index (χ4n) is 2.50. The Hall–Kier alpha value is -2.88. The number of amidine groups is 1. The lowest BCUT2D eigenvalue weighted by Crippen LogP contribution is -2.37. The number of anilines is 1. The second-order valence-electron chi connectivity index (χ2n) is 5.89. The fourth-order valence-corrected chi connectivity index (χ4v) is 3.61. The molecule has 0 saturated carbocycles. The van der Waals surface area contributed by atoms with E-state index in [0.717, 1.165) is 16.7 Å². The Morgan fingerprint density at radius 1 is 1.20 bits per heavy atom. The number of halogens is 3. The minimum Gasteiger partial charge on any atom is -0.351 e. The molecule has 7 nitrogen and oxygen atoms in total. The zero-order valence-corrected chi connectivity index (χ0v) is 17.4. The molecule has 0 atom stereocenters. The number of carbonyl (C=O) groups excluding carboxylic acids is 3. The van der Waals surface area contributed by atoms with Crippen LogP contribution in [0.25, 0.3) is 6.08 Å². The number of thioether (sulfide) groups is 1. The third-order valence-corrected chi connectivity index (χ3v) is 5.44. The van der Waals surface area contributed by atoms with E-state index in [9.17, 15) is 18.8 Å². The molecule has 0 radical (unpaired) electrons. The van der Waals surface area contributed by atoms with Gasteiger partial charge in [-0.25, -0.2) is 14.2 Å². The topological polar surface area (TPSA) is 105 Å². The lowest BCUT2D eigenvalue weighted by Gasteiger charge is -2.18. The zero-order chi connectivity index (χ0) is 21.8. The van der Waals surface area contributed by atoms with Crippen LogP contribution in [0.2, 0.25) is 10.0 Å². The van der Waals surface area contributed by atoms with Crippen molar-refractivity contribution < 1.29 is 18.8 Å². The number of nitrogens with one attached hydrogen (secondary N) is 1. The maximum Gasteiger partial charge on any atom is 0.318 e. The Kier molecular flexibility index (Phi) is 6.76. The van der Waals surface area contributed by atoms with Gasteiger partial charge in [-0.05, 0) is 35.9 Å². The summed E-state index contributed by atoms with van der Waals surface area (Å²) in [4.78, 5) is 40.8. The maximum absolute atomic E-state index is 14.4. The van der Waals surface area contributed by atoms with Gasteiger partial charge < -0.3 is 5.73 Å². The minimum absolute atomic E-state index is 0.00875. The van der Waals surface area contributed by atoms with Crippen molar-refractivity contribution in [3.63, 3.8) is 0 Å². The van der Waals surface area contributed by atoms with Crippen LogP contribution in [-0.4, -0.2) is 28.8 Å². The molecule has 30 heavy (non-hydrogen) atoms. The first-order chi connectivity index (χ1) is 14.3. The van der Waals surface area contributed by atoms with Crippen molar-refractivity contribution in [2.45, 2.75) is 0 Å². The van der Waals surface area contributed by atoms with Crippen LogP contribution in [-0.2, 0) is 9.59 Å². The van der Waals surface area contributed by atoms with Gasteiger partial charge in [-0.1, -0.05) is 53.2 Å². The molecule has 154 valence electrons. The Morgan fingerprint density at radius 3 is 2.60 bits per heavy atom. The van der Waals surface area contributed by atoms with Crippen LogP contribution in [0.4, 0.5) is 14.9 Å². The Labute approximate surface area is 184 Å². The SMILES string of the molecule is NC(=O)NC(=O)CSC1=NC(=Cc2ccc(Cl)c(Cl)c2)C(=O)N1c1ccccc1F. The Balaban J connectivity index is 1.95. The zero-order valence-electron chi connectivity index (χ0n) is 15.1. The molecule has 0 spiro atoms. The maximum atomic E-state index is 14.4. The standard InChI is InChI=1S/C19H13Cl2FN4O3S/c20-11-6-5-10(7-12(11)21)8-14-17(28)26(15-4-2-1-3-13(15)22)19(24-14)30-9-16(27)25-18(23)29/h1-8H,9H2,(H3,23,25,27,29). The molecule has 0 saturated heterocycles. The summed E-state index contributed by atoms with van der Waals surface area (Å²) < 4.78 is 14.4. The molecule has 11 heteroatoms. The second kappa shape index (κ2) is 9.29. The molecule has 0 aromatic heterocycles. The number of benzene rings is 2. The van der Waals surface area contributed by atoms with Crippen molar-refractivity contribution in [2.24, 2.45) is 10.7 Å². The number of carbonyl (C=O) groups is 3. The number of rotatable bonds is 4. The fraction of sp³-hybridized carbons (Fsp3) is 0.0526. The number of imide groups is 1. The van der Waals surface area contributed by atoms with Crippen molar-refractivity contribution >= 4 is 69.7 Å². The Bertz CT molecular complexity index is 1110. The van der Waals surface area contributed by atoms with Gasteiger partial charge in [-0.2, -0.15) is 0 Å². The third-order valence-electron chi connectivity index (χ3n) is 3.76. The molecule has 0 aliphatic carbocycles. The van der Waals surface area contributed by atoms with Crippen molar-refractivity contribution in [3.8, 4) is 0 Å². The van der Waals surface area contributed by atoms with Gasteiger partial charge in [-0.15, -0.1) is 0 Å². The van der Waals surface area contributed by atoms with E-state index < -0.39 is 23.7 Å². The highest BCUT2D eigenvalue weighted by atomic mass is 35.5. The molecule has 0 bridgehead atoms. The highest BCUT2D eigenvalue weighted by molar-refractivity contribution is 8.14. The summed E-state index contributed by atoms with van der Waals surface area (Å²) in [6, 6.07) is 9.42. The minimum atomic E-state index is -1.00. The van der Waals surface area contributed by atoms with E-state index in [4.69, 9.17) is 28.9 Å². The van der Waals surface area contributed by atoms with Gasteiger partial charge in [0.05, 0.1) is 21.5 Å². The number of nitrogens with zero attached hydrogens (tertiary/aromatic N) is 2. The van der Waals surface area contributed by atoms with E-state index >= 15 is 0 Å². The highest BCUT2D eigenvalue weighted by Crippen LogP contribution is 2.31. The molecule has 3 N–H and O–H groups in total. The predicted molar refractivity (Wildman–Crippen MR) is 116 cm³/mol. The first kappa shape index (κ1) is 21.8. The summed E-state index contributed by atoms with van der Waals surface area (Å²) >= 11 is 12.8. The second-order valence-corrected chi connectivity index (χ2v) is 7.65. The van der Waals surface area contributed by atoms with E-state index in [2.05, 4.69) is 4.99 Å². The first-order valence-electron chi connectivity index (χ1n) is 8.33. The quantitative estimate of drug-likeness (QED) is 0.668. The van der Waals surface area contributed by atoms with Gasteiger partial charge >= 0.3 is 6.03 Å². The van der Waals surface area contributed by atoms with E-state index in [-0.39, 0.29) is 22.3 Å². The molecule has 1 aliphatic heterocycles. The average molecular weight is 467 g/mol. The molecule has 3 rings (SSSR count). The molecular formula is C19H13Cl2FN4O3S. The van der Waals surface area contributed by atoms with Gasteiger partial charge in [0.15, 0.2) is 5.17 Å². The van der Waals surface area contributed by atoms with Gasteiger partial charge in [0.25, 0.3) is 5.91 Å². The largest absolute Gasteiger partial charge is 0.351 e. The number of nitrogens with two attached hydrogens (primary N) is 1. The lowest BCUT2D eigenvalue weighted by atomic mass is 10.2. The van der Waals surface area contributed by atoms with Crippen LogP contribution in [0, 0.1) is 5.82 Å². The summed E-state index contributed by atoms with van der Waals surface area (Å²) in [6.07, 6.45) is 1.47. The van der Waals surface area contributed by atoms with Crippen LogP contribution in [0.5, 0.6) is 0 Å². The molecule has 0 unspecified atom stereocenters. The van der Waals surface area contributed by atoms with Crippen molar-refractivity contribution in [1.29, 1.82) is 0 Å². The van der Waals surface area contributed by atoms with Crippen LogP contribution in [0.3, 0.4) is 0 Å². The third kappa shape index (κ3) is 4.99. The molecule has 2 aromatic carbocycles. The van der Waals surface area contributed by atoms with Crippen LogP contribution >= 0.6 is 35.0 Å². The molecular weight excluding hydrogens is 454 g/mol. The molecule has 1 aliphatic rings. The van der Waals surface area contributed by atoms with Gasteiger partial charge in [-0.3, -0.25) is 19.8 Å². The summed E-state index contributed by atoms with van der Waals surface area (Å²) in [6.45, 7) is 0. The van der Waals surface area contributed by atoms with Gasteiger partial charge in [0.2, 0.25) is 5.91 Å². The Morgan fingerprint density at radius 2 is 1.93 bits per heavy atom. The number of para-hydroxylation sites is 1. The van der Waals surface area contributed by atoms with Crippen LogP contribution in [0.1, 0.15) is 5.56 Å². The van der Waals surface area contributed by atoms with E-state index in [1.54, 1.807) is 24.3 Å². The van der Waals surface area contributed by atoms with Crippen molar-refractivity contribution in [3.05, 3.63) is 69.6 Å². The summed E-state index contributed by atoms with van der Waals surface area (Å²) in [5, 5.41) is 2.62. The number of urea groups is 1. The average Bonchev–Trinajstić information content (AvgIpc) is 2.98. The lowest BCUT2D eigenvalue weighted by molar-refractivity contribution is -0.117. The van der Waals surface area contributed by atoms with E-state index in [0.29, 0.717) is 15.6 Å². The van der Waals surface area contributed by atoms with E-state index in [1.165, 1.54) is 24.3 Å². The van der Waals surface area contributed by atoms with Crippen molar-refractivity contribution in [1.82, 2.24) is 5.32 Å². The smallest absolute Gasteiger partial charge is 0.318 e. The first-order valence-corrected chi connectivity index (χ1v) is 10.1. The molecule has 4 amide bonds. The van der Waals surface area contributed by atoms with Gasteiger partial charge in [0, 0.05) is 0 Å². The summed E-state index contributed by atoms with van der Waals surface area (Å²) in [5.74, 6) is -2.18. The molecule has 0 fully saturated rings. The monoisotopic (exact) mass is 466 g/mol. The highest BCUT2D eigenvalue weighted by Gasteiger charge is 2.34. The number of amides is 4. The van der Waals surface area contributed by atoms with Crippen LogP contribution < -0.4 is 16.0 Å². The van der Waals surface area contributed by atoms with Crippen molar-refractivity contribution in [2.75, 3.05) is 10.7 Å². The molecule has 2 aromatic rings. The van der Waals surface area contributed by atoms with Crippen LogP contribution in [0.15, 0.2) is 53.2 Å². The van der Waals surface area contributed by atoms with Gasteiger partial charge in [0.1, 0.15) is 11.5 Å². The number of hydrogen-bond acceptors (Lipinski definition) is 5. The number of hydrogen-bond donors (Lipinski definition) is 2. The normalized spacial score (nSPS) is 14.8. The van der Waals surface area contributed by atoms with E-state index in [1.807, 2.05) is 5.32 Å². The number of primary amides is 1. The summed E-state index contributed by atoms with van der Waals surface area (Å²) in [7, 11) is 0. The summed E-state index contributed by atoms with van der Waals surface area (Å²) in [5.41, 5.74) is 5.45. The number of aliphatic imine (C=N–C) groups is 1. The molecule has 1 heterocycles.